The van der Waals surface area contributed by atoms with Crippen LogP contribution in [0.5, 0.6) is 5.75 Å². The predicted molar refractivity (Wildman–Crippen MR) is 130 cm³/mol. The second-order valence-corrected chi connectivity index (χ2v) is 8.10. The van der Waals surface area contributed by atoms with E-state index in [9.17, 15) is 9.18 Å². The van der Waals surface area contributed by atoms with E-state index in [4.69, 9.17) is 14.6 Å². The van der Waals surface area contributed by atoms with Gasteiger partial charge < -0.3 is 19.9 Å². The molecule has 176 valence electrons. The highest BCUT2D eigenvalue weighted by molar-refractivity contribution is 5.79. The van der Waals surface area contributed by atoms with Crippen LogP contribution in [0.2, 0.25) is 0 Å². The van der Waals surface area contributed by atoms with E-state index >= 15 is 0 Å². The van der Waals surface area contributed by atoms with E-state index in [0.717, 1.165) is 11.1 Å². The predicted octanol–water partition coefficient (Wildman–Crippen LogP) is 5.53. The molecule has 0 unspecified atom stereocenters. The van der Waals surface area contributed by atoms with Crippen molar-refractivity contribution < 1.29 is 23.8 Å². The fraction of sp³-hybridized carbons (Fsp3) is 0.250. The SMILES string of the molecule is CC[C@@H](/C=C/c1ccc(F)cc1OCCO)NC(=O)OCC1c2ccccc2-c2ccccc21. The molecule has 0 radical (unpaired) electrons. The molecule has 2 N–H and O–H groups in total. The minimum atomic E-state index is -0.491. The molecular formula is C28H28FNO4. The van der Waals surface area contributed by atoms with Gasteiger partial charge in [0.25, 0.3) is 0 Å². The molecule has 0 aliphatic heterocycles. The lowest BCUT2D eigenvalue weighted by Crippen LogP contribution is -2.34. The zero-order valence-corrected chi connectivity index (χ0v) is 19.0. The van der Waals surface area contributed by atoms with Crippen molar-refractivity contribution in [1.29, 1.82) is 0 Å². The number of hydrogen-bond donors (Lipinski definition) is 2. The quantitative estimate of drug-likeness (QED) is 0.440. The van der Waals surface area contributed by atoms with Crippen LogP contribution in [-0.4, -0.2) is 37.1 Å². The van der Waals surface area contributed by atoms with Crippen molar-refractivity contribution in [2.75, 3.05) is 19.8 Å². The molecule has 0 aromatic heterocycles. The summed E-state index contributed by atoms with van der Waals surface area (Å²) in [6.45, 7) is 2.10. The van der Waals surface area contributed by atoms with Crippen LogP contribution in [-0.2, 0) is 4.74 Å². The number of ether oxygens (including phenoxy) is 2. The van der Waals surface area contributed by atoms with Gasteiger partial charge in [-0.2, -0.15) is 0 Å². The molecule has 0 fully saturated rings. The minimum Gasteiger partial charge on any atom is -0.490 e. The molecule has 0 saturated heterocycles. The van der Waals surface area contributed by atoms with Crippen LogP contribution in [0.1, 0.15) is 36.0 Å². The zero-order valence-electron chi connectivity index (χ0n) is 19.0. The Bertz CT molecular complexity index is 1130. The van der Waals surface area contributed by atoms with E-state index in [1.54, 1.807) is 12.1 Å². The van der Waals surface area contributed by atoms with Crippen molar-refractivity contribution in [3.05, 3.63) is 95.3 Å². The van der Waals surface area contributed by atoms with Gasteiger partial charge in [0.2, 0.25) is 0 Å². The van der Waals surface area contributed by atoms with E-state index in [2.05, 4.69) is 29.6 Å². The number of fused-ring (bicyclic) bond motifs is 3. The first kappa shape index (κ1) is 23.5. The third-order valence-electron chi connectivity index (χ3n) is 5.92. The number of benzene rings is 3. The lowest BCUT2D eigenvalue weighted by molar-refractivity contribution is 0.140. The van der Waals surface area contributed by atoms with Crippen LogP contribution in [0.3, 0.4) is 0 Å². The lowest BCUT2D eigenvalue weighted by atomic mass is 9.98. The van der Waals surface area contributed by atoms with Gasteiger partial charge in [-0.15, -0.1) is 0 Å². The Balaban J connectivity index is 1.39. The number of carbonyl (C=O) groups excluding carboxylic acids is 1. The molecule has 1 aliphatic carbocycles. The van der Waals surface area contributed by atoms with Gasteiger partial charge in [0.05, 0.1) is 12.6 Å². The number of rotatable bonds is 9. The van der Waals surface area contributed by atoms with Crippen molar-refractivity contribution in [1.82, 2.24) is 5.32 Å². The molecule has 3 aromatic rings. The molecule has 1 atom stereocenters. The fourth-order valence-corrected chi connectivity index (χ4v) is 4.22. The molecule has 0 heterocycles. The molecule has 1 amide bonds. The second kappa shape index (κ2) is 11.0. The van der Waals surface area contributed by atoms with E-state index in [-0.39, 0.29) is 31.8 Å². The monoisotopic (exact) mass is 461 g/mol. The third kappa shape index (κ3) is 5.29. The molecule has 5 nitrogen and oxygen atoms in total. The number of carbonyl (C=O) groups is 1. The maximum Gasteiger partial charge on any atom is 0.407 e. The van der Waals surface area contributed by atoms with Crippen LogP contribution in [0.25, 0.3) is 17.2 Å². The number of nitrogens with one attached hydrogen (secondary N) is 1. The Hall–Kier alpha value is -3.64. The first-order chi connectivity index (χ1) is 16.6. The molecule has 0 spiro atoms. The van der Waals surface area contributed by atoms with Crippen molar-refractivity contribution in [3.8, 4) is 16.9 Å². The van der Waals surface area contributed by atoms with Crippen molar-refractivity contribution in [3.63, 3.8) is 0 Å². The summed E-state index contributed by atoms with van der Waals surface area (Å²) in [6, 6.07) is 20.3. The largest absolute Gasteiger partial charge is 0.490 e. The average molecular weight is 462 g/mol. The summed E-state index contributed by atoms with van der Waals surface area (Å²) in [5, 5.41) is 11.9. The van der Waals surface area contributed by atoms with E-state index in [1.807, 2.05) is 37.3 Å². The van der Waals surface area contributed by atoms with E-state index < -0.39 is 11.9 Å². The average Bonchev–Trinajstić information content (AvgIpc) is 3.18. The summed E-state index contributed by atoms with van der Waals surface area (Å²) in [6.07, 6.45) is 3.74. The highest BCUT2D eigenvalue weighted by Crippen LogP contribution is 2.44. The normalized spacial score (nSPS) is 13.4. The lowest BCUT2D eigenvalue weighted by Gasteiger charge is -2.17. The highest BCUT2D eigenvalue weighted by atomic mass is 19.1. The first-order valence-corrected chi connectivity index (χ1v) is 11.4. The number of aliphatic hydroxyl groups excluding tert-OH is 1. The summed E-state index contributed by atoms with van der Waals surface area (Å²) in [7, 11) is 0. The standard InChI is InChI=1S/C28H28FNO4/c1-2-21(14-12-19-11-13-20(29)17-27(19)33-16-15-31)30-28(32)34-18-26-24-9-5-3-7-22(24)23-8-4-6-10-25(23)26/h3-14,17,21,26,31H,2,15-16,18H2,1H3,(H,30,32)/b14-12+/t21-/m0/s1. The molecule has 34 heavy (non-hydrogen) atoms. The van der Waals surface area contributed by atoms with E-state index in [1.165, 1.54) is 23.3 Å². The summed E-state index contributed by atoms with van der Waals surface area (Å²) in [5.41, 5.74) is 5.34. The van der Waals surface area contributed by atoms with Crippen LogP contribution in [0.15, 0.2) is 72.8 Å². The van der Waals surface area contributed by atoms with Gasteiger partial charge in [0.15, 0.2) is 0 Å². The number of alkyl carbamates (subject to hydrolysis) is 1. The maximum absolute atomic E-state index is 13.6. The van der Waals surface area contributed by atoms with Crippen LogP contribution >= 0.6 is 0 Å². The van der Waals surface area contributed by atoms with Crippen LogP contribution in [0, 0.1) is 5.82 Å². The summed E-state index contributed by atoms with van der Waals surface area (Å²) < 4.78 is 24.6. The van der Waals surface area contributed by atoms with Gasteiger partial charge in [0.1, 0.15) is 24.8 Å². The van der Waals surface area contributed by atoms with Gasteiger partial charge in [-0.1, -0.05) is 67.6 Å². The highest BCUT2D eigenvalue weighted by Gasteiger charge is 2.29. The molecule has 1 aliphatic rings. The smallest absolute Gasteiger partial charge is 0.407 e. The minimum absolute atomic E-state index is 0.000726. The maximum atomic E-state index is 13.6. The molecule has 6 heteroatoms. The summed E-state index contributed by atoms with van der Waals surface area (Å²) >= 11 is 0. The van der Waals surface area contributed by atoms with E-state index in [0.29, 0.717) is 17.7 Å². The molecular weight excluding hydrogens is 433 g/mol. The Kier molecular flexibility index (Phi) is 7.60. The zero-order chi connectivity index (χ0) is 23.9. The van der Waals surface area contributed by atoms with Crippen LogP contribution < -0.4 is 10.1 Å². The number of hydrogen-bond acceptors (Lipinski definition) is 4. The topological polar surface area (TPSA) is 67.8 Å². The van der Waals surface area contributed by atoms with Crippen molar-refractivity contribution >= 4 is 12.2 Å². The second-order valence-electron chi connectivity index (χ2n) is 8.10. The van der Waals surface area contributed by atoms with Gasteiger partial charge in [-0.25, -0.2) is 9.18 Å². The fourth-order valence-electron chi connectivity index (χ4n) is 4.22. The van der Waals surface area contributed by atoms with Gasteiger partial charge in [0, 0.05) is 17.5 Å². The van der Waals surface area contributed by atoms with Crippen molar-refractivity contribution in [2.24, 2.45) is 0 Å². The van der Waals surface area contributed by atoms with Crippen molar-refractivity contribution in [2.45, 2.75) is 25.3 Å². The van der Waals surface area contributed by atoms with Gasteiger partial charge >= 0.3 is 6.09 Å². The van der Waals surface area contributed by atoms with Gasteiger partial charge in [-0.05, 0) is 40.8 Å². The summed E-state index contributed by atoms with van der Waals surface area (Å²) in [5.74, 6) is -0.0885. The Morgan fingerprint density at radius 1 is 1.09 bits per heavy atom. The Morgan fingerprint density at radius 3 is 2.41 bits per heavy atom. The Labute approximate surface area is 198 Å². The molecule has 0 bridgehead atoms. The summed E-state index contributed by atoms with van der Waals surface area (Å²) in [4.78, 5) is 12.6. The number of amides is 1. The van der Waals surface area contributed by atoms with Crippen LogP contribution in [0.4, 0.5) is 9.18 Å². The number of halogens is 1. The molecule has 4 rings (SSSR count). The molecule has 3 aromatic carbocycles. The first-order valence-electron chi connectivity index (χ1n) is 11.4. The number of aliphatic hydroxyl groups is 1. The Morgan fingerprint density at radius 2 is 1.76 bits per heavy atom. The molecule has 0 saturated carbocycles. The third-order valence-corrected chi connectivity index (χ3v) is 5.92. The van der Waals surface area contributed by atoms with Gasteiger partial charge in [-0.3, -0.25) is 0 Å².